The van der Waals surface area contributed by atoms with E-state index in [9.17, 15) is 4.79 Å². The zero-order chi connectivity index (χ0) is 13.7. The van der Waals surface area contributed by atoms with Crippen LogP contribution in [-0.4, -0.2) is 15.0 Å². The predicted octanol–water partition coefficient (Wildman–Crippen LogP) is 1.63. The molecule has 0 atom stereocenters. The lowest BCUT2D eigenvalue weighted by atomic mass is 10.2. The molecule has 0 saturated heterocycles. The van der Waals surface area contributed by atoms with E-state index >= 15 is 0 Å². The Hall–Kier alpha value is -2.39. The van der Waals surface area contributed by atoms with Gasteiger partial charge in [-0.15, -0.1) is 12.4 Å². The normalized spacial score (nSPS) is 9.40. The highest BCUT2D eigenvalue weighted by Crippen LogP contribution is 2.09. The maximum atomic E-state index is 11.7. The number of aromatic nitrogens is 3. The van der Waals surface area contributed by atoms with Gasteiger partial charge < -0.3 is 10.3 Å². The number of nitrogens with zero attached hydrogens (tertiary/aromatic N) is 3. The molecular formula is C13H14ClN5O. The van der Waals surface area contributed by atoms with Crippen molar-refractivity contribution >= 4 is 18.2 Å². The number of aryl methyl sites for hydroxylation is 1. The second-order valence-electron chi connectivity index (χ2n) is 3.92. The fourth-order valence-corrected chi connectivity index (χ4v) is 1.61. The molecule has 0 saturated carbocycles. The summed E-state index contributed by atoms with van der Waals surface area (Å²) in [6, 6.07) is 5.59. The molecular weight excluding hydrogens is 278 g/mol. The van der Waals surface area contributed by atoms with E-state index in [1.807, 2.05) is 25.1 Å². The van der Waals surface area contributed by atoms with Gasteiger partial charge in [-0.2, -0.15) is 5.26 Å². The monoisotopic (exact) mass is 291 g/mol. The predicted molar refractivity (Wildman–Crippen MR) is 77.8 cm³/mol. The molecule has 0 aliphatic heterocycles. The van der Waals surface area contributed by atoms with Gasteiger partial charge in [0.1, 0.15) is 11.9 Å². The number of anilines is 1. The fourth-order valence-electron chi connectivity index (χ4n) is 1.61. The summed E-state index contributed by atoms with van der Waals surface area (Å²) in [5.41, 5.74) is 0.538. The first-order valence-electron chi connectivity index (χ1n) is 5.90. The summed E-state index contributed by atoms with van der Waals surface area (Å²) in [6.45, 7) is 2.34. The number of hydrogen-bond donors (Lipinski definition) is 2. The van der Waals surface area contributed by atoms with Gasteiger partial charge in [-0.1, -0.05) is 13.0 Å². The van der Waals surface area contributed by atoms with Crippen LogP contribution in [-0.2, 0) is 13.0 Å². The van der Waals surface area contributed by atoms with Crippen LogP contribution in [0.25, 0.3) is 0 Å². The van der Waals surface area contributed by atoms with E-state index in [0.717, 1.165) is 5.56 Å². The molecule has 0 amide bonds. The van der Waals surface area contributed by atoms with Crippen molar-refractivity contribution in [2.75, 3.05) is 5.32 Å². The largest absolute Gasteiger partial charge is 0.365 e. The maximum Gasteiger partial charge on any atom is 0.271 e. The molecule has 104 valence electrons. The van der Waals surface area contributed by atoms with Gasteiger partial charge >= 0.3 is 0 Å². The molecule has 0 unspecified atom stereocenters. The molecule has 0 aliphatic rings. The van der Waals surface area contributed by atoms with E-state index in [0.29, 0.717) is 24.6 Å². The second kappa shape index (κ2) is 7.26. The van der Waals surface area contributed by atoms with Crippen molar-refractivity contribution in [3.63, 3.8) is 0 Å². The van der Waals surface area contributed by atoms with Crippen LogP contribution in [0.4, 0.5) is 5.82 Å². The smallest absolute Gasteiger partial charge is 0.271 e. The Morgan fingerprint density at radius 2 is 2.30 bits per heavy atom. The lowest BCUT2D eigenvalue weighted by Gasteiger charge is -2.08. The van der Waals surface area contributed by atoms with Crippen molar-refractivity contribution < 1.29 is 0 Å². The Balaban J connectivity index is 0.00000200. The molecule has 6 nitrogen and oxygen atoms in total. The van der Waals surface area contributed by atoms with E-state index in [1.165, 1.54) is 0 Å². The molecule has 7 heteroatoms. The highest BCUT2D eigenvalue weighted by Gasteiger charge is 2.10. The molecule has 0 fully saturated rings. The first-order chi connectivity index (χ1) is 9.24. The van der Waals surface area contributed by atoms with Gasteiger partial charge in [-0.05, 0) is 11.6 Å². The molecule has 0 radical (unpaired) electrons. The van der Waals surface area contributed by atoms with Crippen LogP contribution in [0, 0.1) is 11.3 Å². The second-order valence-corrected chi connectivity index (χ2v) is 3.92. The number of nitriles is 1. The van der Waals surface area contributed by atoms with E-state index < -0.39 is 5.56 Å². The average Bonchev–Trinajstić information content (AvgIpc) is 2.45. The van der Waals surface area contributed by atoms with Crippen molar-refractivity contribution in [2.24, 2.45) is 0 Å². The summed E-state index contributed by atoms with van der Waals surface area (Å²) in [4.78, 5) is 22.5. The molecule has 0 spiro atoms. The van der Waals surface area contributed by atoms with Gasteiger partial charge in [0.2, 0.25) is 0 Å². The zero-order valence-corrected chi connectivity index (χ0v) is 11.7. The van der Waals surface area contributed by atoms with Crippen LogP contribution in [0.2, 0.25) is 0 Å². The van der Waals surface area contributed by atoms with Gasteiger partial charge in [0.05, 0.1) is 0 Å². The molecule has 0 aliphatic carbocycles. The Labute approximate surface area is 122 Å². The molecule has 2 aromatic heterocycles. The van der Waals surface area contributed by atoms with Crippen LogP contribution in [0.1, 0.15) is 23.9 Å². The Morgan fingerprint density at radius 3 is 2.90 bits per heavy atom. The molecule has 2 aromatic rings. The molecule has 2 rings (SSSR count). The third kappa shape index (κ3) is 3.56. The lowest BCUT2D eigenvalue weighted by Crippen LogP contribution is -2.18. The summed E-state index contributed by atoms with van der Waals surface area (Å²) in [5.74, 6) is 0.865. The topological polar surface area (TPSA) is 94.5 Å². The maximum absolute atomic E-state index is 11.7. The third-order valence-electron chi connectivity index (χ3n) is 2.60. The first kappa shape index (κ1) is 15.7. The summed E-state index contributed by atoms with van der Waals surface area (Å²) in [7, 11) is 0. The summed E-state index contributed by atoms with van der Waals surface area (Å²) in [5, 5.41) is 12.0. The summed E-state index contributed by atoms with van der Waals surface area (Å²) in [6.07, 6.45) is 4.00. The van der Waals surface area contributed by atoms with Gasteiger partial charge in [0.25, 0.3) is 5.56 Å². The Morgan fingerprint density at radius 1 is 1.50 bits per heavy atom. The van der Waals surface area contributed by atoms with E-state index in [1.54, 1.807) is 12.4 Å². The highest BCUT2D eigenvalue weighted by molar-refractivity contribution is 5.85. The average molecular weight is 292 g/mol. The third-order valence-corrected chi connectivity index (χ3v) is 2.60. The van der Waals surface area contributed by atoms with E-state index in [-0.39, 0.29) is 18.0 Å². The minimum atomic E-state index is -0.414. The summed E-state index contributed by atoms with van der Waals surface area (Å²) < 4.78 is 0. The highest BCUT2D eigenvalue weighted by atomic mass is 35.5. The van der Waals surface area contributed by atoms with Crippen molar-refractivity contribution in [3.8, 4) is 6.07 Å². The molecule has 2 heterocycles. The number of hydrogen-bond acceptors (Lipinski definition) is 5. The first-order valence-corrected chi connectivity index (χ1v) is 5.90. The molecule has 0 aromatic carbocycles. The Kier molecular flexibility index (Phi) is 5.69. The quantitative estimate of drug-likeness (QED) is 0.893. The number of pyridine rings is 1. The fraction of sp³-hybridized carbons (Fsp3) is 0.231. The number of H-pyrrole nitrogens is 1. The molecule has 2 N–H and O–H groups in total. The molecule has 0 bridgehead atoms. The van der Waals surface area contributed by atoms with Crippen LogP contribution in [0.3, 0.4) is 0 Å². The van der Waals surface area contributed by atoms with Crippen molar-refractivity contribution in [3.05, 3.63) is 51.8 Å². The number of aromatic amines is 1. The van der Waals surface area contributed by atoms with Gasteiger partial charge in [-0.3, -0.25) is 9.78 Å². The van der Waals surface area contributed by atoms with Crippen LogP contribution in [0.15, 0.2) is 29.3 Å². The SMILES string of the molecule is CCc1nc(NCc2cccnc2)c(C#N)c(=O)[nH]1.Cl. The number of nitrogens with one attached hydrogen (secondary N) is 2. The van der Waals surface area contributed by atoms with E-state index in [4.69, 9.17) is 5.26 Å². The lowest BCUT2D eigenvalue weighted by molar-refractivity contribution is 0.909. The minimum absolute atomic E-state index is 0. The Bertz CT molecular complexity index is 663. The van der Waals surface area contributed by atoms with Crippen molar-refractivity contribution in [2.45, 2.75) is 19.9 Å². The number of halogens is 1. The summed E-state index contributed by atoms with van der Waals surface area (Å²) >= 11 is 0. The standard InChI is InChI=1S/C13H13N5O.ClH/c1-2-11-17-12(10(6-14)13(19)18-11)16-8-9-4-3-5-15-7-9;/h3-5,7H,2,8H2,1H3,(H2,16,17,18,19);1H. The van der Waals surface area contributed by atoms with Gasteiger partial charge in [-0.25, -0.2) is 4.98 Å². The van der Waals surface area contributed by atoms with Crippen LogP contribution < -0.4 is 10.9 Å². The minimum Gasteiger partial charge on any atom is -0.365 e. The van der Waals surface area contributed by atoms with Crippen molar-refractivity contribution in [1.29, 1.82) is 5.26 Å². The molecule has 20 heavy (non-hydrogen) atoms. The van der Waals surface area contributed by atoms with Gasteiger partial charge in [0.15, 0.2) is 11.4 Å². The van der Waals surface area contributed by atoms with Crippen LogP contribution in [0.5, 0.6) is 0 Å². The van der Waals surface area contributed by atoms with Crippen LogP contribution >= 0.6 is 12.4 Å². The van der Waals surface area contributed by atoms with E-state index in [2.05, 4.69) is 20.3 Å². The zero-order valence-electron chi connectivity index (χ0n) is 10.9. The van der Waals surface area contributed by atoms with Crippen molar-refractivity contribution in [1.82, 2.24) is 15.0 Å². The number of rotatable bonds is 4. The van der Waals surface area contributed by atoms with Gasteiger partial charge in [0, 0.05) is 25.4 Å².